The largest absolute Gasteiger partial charge is 0.465 e. The van der Waals surface area contributed by atoms with E-state index in [1.807, 2.05) is 0 Å². The first kappa shape index (κ1) is 13.4. The quantitative estimate of drug-likeness (QED) is 0.541. The maximum atomic E-state index is 11.2. The number of methoxy groups -OCH3 is 2. The Morgan fingerprint density at radius 1 is 0.857 bits per heavy atom. The van der Waals surface area contributed by atoms with E-state index in [2.05, 4.69) is 9.47 Å². The van der Waals surface area contributed by atoms with Crippen LogP contribution in [0.25, 0.3) is 0 Å². The van der Waals surface area contributed by atoms with Crippen molar-refractivity contribution in [2.75, 3.05) is 26.7 Å². The zero-order valence-electron chi connectivity index (χ0n) is 8.45. The summed E-state index contributed by atoms with van der Waals surface area (Å²) in [5.41, 5.74) is 0. The molecule has 0 heterocycles. The lowest BCUT2D eigenvalue weighted by Gasteiger charge is -2.07. The SMILES string of the molecule is COC(=O)/C(SC)=C(/SC)C(=O)OC. The molecule has 0 N–H and O–H groups in total. The minimum Gasteiger partial charge on any atom is -0.465 e. The Bertz CT molecular complexity index is 234. The van der Waals surface area contributed by atoms with E-state index in [0.717, 1.165) is 23.5 Å². The fourth-order valence-electron chi connectivity index (χ4n) is 0.723. The monoisotopic (exact) mass is 236 g/mol. The van der Waals surface area contributed by atoms with E-state index in [9.17, 15) is 9.59 Å². The molecule has 0 saturated carbocycles. The number of hydrogen-bond donors (Lipinski definition) is 0. The van der Waals surface area contributed by atoms with Crippen LogP contribution in [0, 0.1) is 0 Å². The highest BCUT2D eigenvalue weighted by atomic mass is 32.2. The lowest BCUT2D eigenvalue weighted by Crippen LogP contribution is -2.10. The molecule has 0 radical (unpaired) electrons. The van der Waals surface area contributed by atoms with Crippen LogP contribution >= 0.6 is 23.5 Å². The van der Waals surface area contributed by atoms with Crippen LogP contribution in [0.4, 0.5) is 0 Å². The predicted molar refractivity (Wildman–Crippen MR) is 58.1 cm³/mol. The molecule has 0 atom stereocenters. The summed E-state index contributed by atoms with van der Waals surface area (Å²) in [5.74, 6) is -1.04. The van der Waals surface area contributed by atoms with Gasteiger partial charge in [-0.25, -0.2) is 9.59 Å². The molecule has 0 aromatic carbocycles. The van der Waals surface area contributed by atoms with Crippen LogP contribution in [-0.4, -0.2) is 38.7 Å². The summed E-state index contributed by atoms with van der Waals surface area (Å²) in [6.07, 6.45) is 3.40. The Kier molecular flexibility index (Phi) is 6.48. The third-order valence-corrected chi connectivity index (χ3v) is 3.04. The van der Waals surface area contributed by atoms with Crippen LogP contribution in [0.1, 0.15) is 0 Å². The Hall–Kier alpha value is -0.620. The highest BCUT2D eigenvalue weighted by Crippen LogP contribution is 2.26. The van der Waals surface area contributed by atoms with Gasteiger partial charge in [-0.2, -0.15) is 0 Å². The zero-order chi connectivity index (χ0) is 11.1. The van der Waals surface area contributed by atoms with Crippen molar-refractivity contribution in [3.05, 3.63) is 9.81 Å². The second-order valence-corrected chi connectivity index (χ2v) is 3.68. The average Bonchev–Trinajstić information content (AvgIpc) is 2.23. The maximum absolute atomic E-state index is 11.2. The number of hydrogen-bond acceptors (Lipinski definition) is 6. The Labute approximate surface area is 91.4 Å². The third-order valence-electron chi connectivity index (χ3n) is 1.36. The molecule has 0 fully saturated rings. The number of thioether (sulfide) groups is 2. The van der Waals surface area contributed by atoms with Gasteiger partial charge in [0.05, 0.1) is 14.2 Å². The molecule has 0 aliphatic rings. The molecule has 0 aliphatic carbocycles. The van der Waals surface area contributed by atoms with E-state index < -0.39 is 11.9 Å². The van der Waals surface area contributed by atoms with Crippen molar-refractivity contribution in [2.24, 2.45) is 0 Å². The summed E-state index contributed by atoms with van der Waals surface area (Å²) in [6.45, 7) is 0. The van der Waals surface area contributed by atoms with Gasteiger partial charge in [0.2, 0.25) is 0 Å². The lowest BCUT2D eigenvalue weighted by molar-refractivity contribution is -0.138. The summed E-state index contributed by atoms with van der Waals surface area (Å²) in [4.78, 5) is 23.0. The third kappa shape index (κ3) is 3.26. The van der Waals surface area contributed by atoms with E-state index in [4.69, 9.17) is 0 Å². The second kappa shape index (κ2) is 6.78. The minimum absolute atomic E-state index is 0.270. The van der Waals surface area contributed by atoms with Crippen LogP contribution < -0.4 is 0 Å². The summed E-state index contributed by atoms with van der Waals surface area (Å²) >= 11 is 2.32. The smallest absolute Gasteiger partial charge is 0.345 e. The fraction of sp³-hybridized carbons (Fsp3) is 0.500. The maximum Gasteiger partial charge on any atom is 0.345 e. The molecule has 6 heteroatoms. The molecule has 0 aliphatic heterocycles. The number of ether oxygens (including phenoxy) is 2. The topological polar surface area (TPSA) is 52.6 Å². The van der Waals surface area contributed by atoms with Crippen molar-refractivity contribution in [1.29, 1.82) is 0 Å². The van der Waals surface area contributed by atoms with Gasteiger partial charge < -0.3 is 9.47 Å². The Morgan fingerprint density at radius 2 is 1.14 bits per heavy atom. The summed E-state index contributed by atoms with van der Waals surface area (Å²) < 4.78 is 9.08. The van der Waals surface area contributed by atoms with Crippen LogP contribution in [-0.2, 0) is 19.1 Å². The molecule has 0 amide bonds. The average molecular weight is 236 g/mol. The zero-order valence-corrected chi connectivity index (χ0v) is 10.1. The number of rotatable bonds is 4. The molecular weight excluding hydrogens is 224 g/mol. The van der Waals surface area contributed by atoms with E-state index in [-0.39, 0.29) is 9.81 Å². The van der Waals surface area contributed by atoms with Crippen molar-refractivity contribution in [3.8, 4) is 0 Å². The van der Waals surface area contributed by atoms with E-state index in [0.29, 0.717) is 0 Å². The van der Waals surface area contributed by atoms with Gasteiger partial charge in [-0.15, -0.1) is 23.5 Å². The van der Waals surface area contributed by atoms with Crippen LogP contribution in [0.3, 0.4) is 0 Å². The molecule has 80 valence electrons. The van der Waals surface area contributed by atoms with Crippen LogP contribution in [0.5, 0.6) is 0 Å². The fourth-order valence-corrected chi connectivity index (χ4v) is 2.26. The van der Waals surface area contributed by atoms with Gasteiger partial charge in [-0.05, 0) is 12.5 Å². The molecule has 0 saturated heterocycles. The van der Waals surface area contributed by atoms with Crippen molar-refractivity contribution in [3.63, 3.8) is 0 Å². The molecule has 0 aromatic rings. The lowest BCUT2D eigenvalue weighted by atomic mass is 10.5. The van der Waals surface area contributed by atoms with Gasteiger partial charge in [-0.1, -0.05) is 0 Å². The van der Waals surface area contributed by atoms with E-state index >= 15 is 0 Å². The summed E-state index contributed by atoms with van der Waals surface area (Å²) in [6, 6.07) is 0. The van der Waals surface area contributed by atoms with Crippen molar-refractivity contribution in [1.82, 2.24) is 0 Å². The molecular formula is C8H12O4S2. The van der Waals surface area contributed by atoms with Crippen LogP contribution in [0.15, 0.2) is 9.81 Å². The van der Waals surface area contributed by atoms with E-state index in [1.54, 1.807) is 12.5 Å². The Morgan fingerprint density at radius 3 is 1.29 bits per heavy atom. The highest BCUT2D eigenvalue weighted by Gasteiger charge is 2.20. The summed E-state index contributed by atoms with van der Waals surface area (Å²) in [5, 5.41) is 0. The first-order valence-electron chi connectivity index (χ1n) is 3.61. The first-order chi connectivity index (χ1) is 6.62. The molecule has 4 nitrogen and oxygen atoms in total. The second-order valence-electron chi connectivity index (χ2n) is 2.05. The van der Waals surface area contributed by atoms with E-state index in [1.165, 1.54) is 14.2 Å². The number of carbonyl (C=O) groups excluding carboxylic acids is 2. The molecule has 0 rings (SSSR count). The van der Waals surface area contributed by atoms with Gasteiger partial charge in [0.25, 0.3) is 0 Å². The summed E-state index contributed by atoms with van der Waals surface area (Å²) in [7, 11) is 2.54. The number of esters is 2. The van der Waals surface area contributed by atoms with Crippen molar-refractivity contribution >= 4 is 35.5 Å². The Balaban J connectivity index is 5.11. The minimum atomic E-state index is -0.521. The predicted octanol–water partition coefficient (Wildman–Crippen LogP) is 1.27. The van der Waals surface area contributed by atoms with Crippen LogP contribution in [0.2, 0.25) is 0 Å². The molecule has 14 heavy (non-hydrogen) atoms. The van der Waals surface area contributed by atoms with Crippen molar-refractivity contribution in [2.45, 2.75) is 0 Å². The first-order valence-corrected chi connectivity index (χ1v) is 6.06. The van der Waals surface area contributed by atoms with Gasteiger partial charge in [0.15, 0.2) is 0 Å². The number of carbonyl (C=O) groups is 2. The molecule has 0 aromatic heterocycles. The van der Waals surface area contributed by atoms with Gasteiger partial charge in [0, 0.05) is 0 Å². The highest BCUT2D eigenvalue weighted by molar-refractivity contribution is 8.07. The van der Waals surface area contributed by atoms with Gasteiger partial charge >= 0.3 is 11.9 Å². The normalized spacial score (nSPS) is 11.7. The molecule has 0 bridgehead atoms. The standard InChI is InChI=1S/C8H12O4S2/c1-11-7(9)5(13-3)6(14-4)8(10)12-2/h1-4H3/b6-5-. The van der Waals surface area contributed by atoms with Gasteiger partial charge in [-0.3, -0.25) is 0 Å². The molecule has 0 unspecified atom stereocenters. The van der Waals surface area contributed by atoms with Gasteiger partial charge in [0.1, 0.15) is 9.81 Å². The molecule has 0 spiro atoms. The van der Waals surface area contributed by atoms with Crippen molar-refractivity contribution < 1.29 is 19.1 Å².